The van der Waals surface area contributed by atoms with E-state index in [0.717, 1.165) is 17.0 Å². The summed E-state index contributed by atoms with van der Waals surface area (Å²) < 4.78 is 12.1. The second-order valence-corrected chi connectivity index (χ2v) is 7.26. The first kappa shape index (κ1) is 16.1. The molecule has 3 rings (SSSR count). The third-order valence-electron chi connectivity index (χ3n) is 4.59. The highest BCUT2D eigenvalue weighted by molar-refractivity contribution is 6.62. The Hall–Kier alpha value is -1.73. The van der Waals surface area contributed by atoms with Gasteiger partial charge in [0.25, 0.3) is 0 Å². The van der Waals surface area contributed by atoms with Crippen molar-refractivity contribution in [1.29, 1.82) is 0 Å². The molecule has 0 amide bonds. The summed E-state index contributed by atoms with van der Waals surface area (Å²) in [5, 5.41) is 7.16. The third-order valence-corrected chi connectivity index (χ3v) is 4.59. The van der Waals surface area contributed by atoms with Crippen molar-refractivity contribution in [2.75, 3.05) is 0 Å². The minimum Gasteiger partial charge on any atom is -0.399 e. The minimum absolute atomic E-state index is 0.306. The molecule has 6 nitrogen and oxygen atoms in total. The highest BCUT2D eigenvalue weighted by Gasteiger charge is 2.51. The number of hydrogen-bond acceptors (Lipinski definition) is 5. The van der Waals surface area contributed by atoms with Crippen LogP contribution in [0, 0.1) is 0 Å². The molecule has 2 aromatic rings. The average Bonchev–Trinajstić information content (AvgIpc) is 3.03. The molecule has 1 saturated heterocycles. The van der Waals surface area contributed by atoms with Crippen LogP contribution >= 0.6 is 0 Å². The number of pyridine rings is 1. The maximum Gasteiger partial charge on any atom is 0.496 e. The lowest BCUT2D eigenvalue weighted by Gasteiger charge is -2.32. The summed E-state index contributed by atoms with van der Waals surface area (Å²) in [5.41, 5.74) is 0.916. The van der Waals surface area contributed by atoms with E-state index in [1.54, 1.807) is 6.20 Å². The summed E-state index contributed by atoms with van der Waals surface area (Å²) in [5.74, 6) is 1.77. The van der Waals surface area contributed by atoms with E-state index in [1.807, 2.05) is 39.8 Å². The van der Waals surface area contributed by atoms with Gasteiger partial charge in [-0.3, -0.25) is 10.1 Å². The van der Waals surface area contributed by atoms with Gasteiger partial charge in [0.15, 0.2) is 5.82 Å². The van der Waals surface area contributed by atoms with E-state index in [2.05, 4.69) is 34.0 Å². The number of aromatic nitrogens is 4. The largest absolute Gasteiger partial charge is 0.496 e. The van der Waals surface area contributed by atoms with Crippen LogP contribution in [0.5, 0.6) is 0 Å². The Labute approximate surface area is 137 Å². The minimum atomic E-state index is -0.403. The summed E-state index contributed by atoms with van der Waals surface area (Å²) in [4.78, 5) is 8.92. The highest BCUT2D eigenvalue weighted by atomic mass is 16.7. The number of aromatic amines is 1. The van der Waals surface area contributed by atoms with Crippen LogP contribution in [0.15, 0.2) is 18.3 Å². The van der Waals surface area contributed by atoms with Gasteiger partial charge in [0.2, 0.25) is 0 Å². The number of nitrogens with zero attached hydrogens (tertiary/aromatic N) is 3. The zero-order valence-electron chi connectivity index (χ0n) is 14.5. The van der Waals surface area contributed by atoms with Crippen LogP contribution in [0.3, 0.4) is 0 Å². The lowest BCUT2D eigenvalue weighted by atomic mass is 9.80. The lowest BCUT2D eigenvalue weighted by molar-refractivity contribution is 0.00578. The molecule has 1 aliphatic heterocycles. The second-order valence-electron chi connectivity index (χ2n) is 7.26. The predicted molar refractivity (Wildman–Crippen MR) is 89.4 cm³/mol. The maximum absolute atomic E-state index is 6.03. The van der Waals surface area contributed by atoms with Crippen LogP contribution in [0.4, 0.5) is 0 Å². The monoisotopic (exact) mass is 314 g/mol. The van der Waals surface area contributed by atoms with Gasteiger partial charge >= 0.3 is 7.12 Å². The Balaban J connectivity index is 1.80. The Morgan fingerprint density at radius 3 is 2.22 bits per heavy atom. The number of H-pyrrole nitrogens is 1. The van der Waals surface area contributed by atoms with Crippen molar-refractivity contribution < 1.29 is 9.31 Å². The van der Waals surface area contributed by atoms with Crippen molar-refractivity contribution >= 4 is 12.6 Å². The third kappa shape index (κ3) is 2.91. The van der Waals surface area contributed by atoms with E-state index < -0.39 is 7.12 Å². The molecule has 0 radical (unpaired) electrons. The molecule has 1 fully saturated rings. The Kier molecular flexibility index (Phi) is 3.81. The zero-order chi connectivity index (χ0) is 16.8. The molecule has 0 aromatic carbocycles. The molecule has 1 N–H and O–H groups in total. The zero-order valence-corrected chi connectivity index (χ0v) is 14.5. The molecular weight excluding hydrogens is 291 g/mol. The van der Waals surface area contributed by atoms with E-state index in [-0.39, 0.29) is 11.2 Å². The van der Waals surface area contributed by atoms with Gasteiger partial charge in [-0.1, -0.05) is 19.9 Å². The lowest BCUT2D eigenvalue weighted by Crippen LogP contribution is -2.41. The molecule has 0 aliphatic carbocycles. The van der Waals surface area contributed by atoms with Crippen molar-refractivity contribution in [2.24, 2.45) is 0 Å². The molecule has 122 valence electrons. The molecule has 0 saturated carbocycles. The molecule has 0 unspecified atom stereocenters. The summed E-state index contributed by atoms with van der Waals surface area (Å²) in [6.45, 7) is 12.3. The predicted octanol–water partition coefficient (Wildman–Crippen LogP) is 2.29. The number of nitrogens with one attached hydrogen (secondary N) is 1. The molecule has 3 heterocycles. The fourth-order valence-corrected chi connectivity index (χ4v) is 2.30. The Bertz CT molecular complexity index is 678. The Morgan fingerprint density at radius 1 is 1.09 bits per heavy atom. The van der Waals surface area contributed by atoms with Gasteiger partial charge < -0.3 is 9.31 Å². The van der Waals surface area contributed by atoms with E-state index in [9.17, 15) is 0 Å². The maximum atomic E-state index is 6.03. The molecule has 0 spiro atoms. The molecule has 23 heavy (non-hydrogen) atoms. The van der Waals surface area contributed by atoms with Crippen molar-refractivity contribution in [1.82, 2.24) is 20.2 Å². The van der Waals surface area contributed by atoms with Crippen molar-refractivity contribution in [3.05, 3.63) is 24.2 Å². The summed E-state index contributed by atoms with van der Waals surface area (Å²) in [7, 11) is -0.403. The van der Waals surface area contributed by atoms with Gasteiger partial charge in [0.05, 0.1) is 11.2 Å². The van der Waals surface area contributed by atoms with Gasteiger partial charge in [-0.2, -0.15) is 5.10 Å². The van der Waals surface area contributed by atoms with Crippen molar-refractivity contribution in [3.8, 4) is 11.5 Å². The smallest absolute Gasteiger partial charge is 0.399 e. The van der Waals surface area contributed by atoms with Gasteiger partial charge in [0.1, 0.15) is 11.5 Å². The molecule has 0 atom stereocenters. The van der Waals surface area contributed by atoms with Crippen LogP contribution in [0.1, 0.15) is 53.3 Å². The molecule has 2 aromatic heterocycles. The molecule has 0 bridgehead atoms. The van der Waals surface area contributed by atoms with Crippen molar-refractivity contribution in [3.63, 3.8) is 0 Å². The first-order valence-electron chi connectivity index (χ1n) is 7.94. The van der Waals surface area contributed by atoms with Gasteiger partial charge in [-0.05, 0) is 33.8 Å². The first-order valence-corrected chi connectivity index (χ1v) is 7.94. The SMILES string of the molecule is CC(C)c1nc(-c2ccc(B3OC(C)(C)C(C)(C)O3)cn2)n[nH]1. The van der Waals surface area contributed by atoms with Crippen LogP contribution in [-0.4, -0.2) is 38.5 Å². The van der Waals surface area contributed by atoms with Crippen LogP contribution in [0.25, 0.3) is 11.5 Å². The molecule has 7 heteroatoms. The van der Waals surface area contributed by atoms with Crippen LogP contribution in [0.2, 0.25) is 0 Å². The summed E-state index contributed by atoms with van der Waals surface area (Å²) in [6, 6.07) is 3.85. The molecule has 1 aliphatic rings. The summed E-state index contributed by atoms with van der Waals surface area (Å²) in [6.07, 6.45) is 1.77. The van der Waals surface area contributed by atoms with Crippen LogP contribution in [-0.2, 0) is 9.31 Å². The van der Waals surface area contributed by atoms with E-state index in [1.165, 1.54) is 0 Å². The van der Waals surface area contributed by atoms with Crippen molar-refractivity contribution in [2.45, 2.75) is 58.7 Å². The van der Waals surface area contributed by atoms with Gasteiger partial charge in [-0.25, -0.2) is 4.98 Å². The van der Waals surface area contributed by atoms with Crippen LogP contribution < -0.4 is 5.46 Å². The fourth-order valence-electron chi connectivity index (χ4n) is 2.30. The van der Waals surface area contributed by atoms with Gasteiger partial charge in [0, 0.05) is 17.6 Å². The topological polar surface area (TPSA) is 72.9 Å². The van der Waals surface area contributed by atoms with E-state index in [0.29, 0.717) is 11.7 Å². The number of hydrogen-bond donors (Lipinski definition) is 1. The fraction of sp³-hybridized carbons (Fsp3) is 0.562. The average molecular weight is 314 g/mol. The summed E-state index contributed by atoms with van der Waals surface area (Å²) >= 11 is 0. The molecular formula is C16H23BN4O2. The Morgan fingerprint density at radius 2 is 1.74 bits per heavy atom. The standard InChI is InChI=1S/C16H23BN4O2/c1-10(2)13-19-14(21-20-13)12-8-7-11(9-18-12)17-22-15(3,4)16(5,6)23-17/h7-10H,1-6H3,(H,19,20,21). The first-order chi connectivity index (χ1) is 10.7. The second kappa shape index (κ2) is 5.42. The van der Waals surface area contributed by atoms with Gasteiger partial charge in [-0.15, -0.1) is 0 Å². The highest BCUT2D eigenvalue weighted by Crippen LogP contribution is 2.36. The normalized spacial score (nSPS) is 19.5. The number of rotatable bonds is 3. The van der Waals surface area contributed by atoms with E-state index in [4.69, 9.17) is 9.31 Å². The quantitative estimate of drug-likeness (QED) is 0.880. The van der Waals surface area contributed by atoms with E-state index >= 15 is 0 Å².